The number of furan rings is 1. The molecule has 0 atom stereocenters. The molecule has 0 unspecified atom stereocenters. The molecule has 286 valence electrons. The molecule has 60 heavy (non-hydrogen) atoms. The van der Waals surface area contributed by atoms with Crippen molar-refractivity contribution in [1.82, 2.24) is 0 Å². The SMILES string of the molecule is CC1(C)c2ccccc2-c2ccc(N(c3ccc(-c4ccccc4)cc3)c3c4c(cc5oc6ccccc6c35)C(C)(C)c3cc(-c5ccc6ccccc6c5)ccc3-4)cc21. The highest BCUT2D eigenvalue weighted by Gasteiger charge is 2.41. The lowest BCUT2D eigenvalue weighted by Crippen LogP contribution is -2.18. The highest BCUT2D eigenvalue weighted by atomic mass is 16.3. The van der Waals surface area contributed by atoms with Crippen LogP contribution in [0.25, 0.3) is 77.2 Å². The molecule has 2 heteroatoms. The summed E-state index contributed by atoms with van der Waals surface area (Å²) in [5, 5.41) is 4.75. The van der Waals surface area contributed by atoms with Crippen molar-refractivity contribution >= 4 is 49.8 Å². The first-order valence-corrected chi connectivity index (χ1v) is 21.1. The van der Waals surface area contributed by atoms with Gasteiger partial charge in [0.05, 0.1) is 11.1 Å². The molecule has 0 fully saturated rings. The van der Waals surface area contributed by atoms with Gasteiger partial charge in [-0.05, 0) is 121 Å². The number of anilines is 3. The Hall–Kier alpha value is -7.16. The average Bonchev–Trinajstić information content (AvgIpc) is 3.86. The van der Waals surface area contributed by atoms with Crippen molar-refractivity contribution in [3.8, 4) is 44.5 Å². The van der Waals surface area contributed by atoms with Crippen LogP contribution in [0.5, 0.6) is 0 Å². The molecule has 12 rings (SSSR count). The van der Waals surface area contributed by atoms with Crippen molar-refractivity contribution in [3.63, 3.8) is 0 Å². The summed E-state index contributed by atoms with van der Waals surface area (Å²) in [6.45, 7) is 9.51. The van der Waals surface area contributed by atoms with Crippen molar-refractivity contribution in [2.75, 3.05) is 4.90 Å². The quantitative estimate of drug-likeness (QED) is 0.173. The van der Waals surface area contributed by atoms with Gasteiger partial charge in [-0.3, -0.25) is 0 Å². The van der Waals surface area contributed by atoms with Crippen molar-refractivity contribution in [2.24, 2.45) is 0 Å². The third-order valence-electron chi connectivity index (χ3n) is 13.6. The second-order valence-electron chi connectivity index (χ2n) is 17.7. The van der Waals surface area contributed by atoms with Gasteiger partial charge in [-0.15, -0.1) is 0 Å². The standard InChI is InChI=1S/C58H43NO/c1-57(2)48-20-12-10-18-44(48)45-31-29-43(34-50(45)57)59(42-27-24-38(25-28-42)36-14-6-5-7-15-36)56-54-46-30-26-41(40-23-22-37-16-8-9-17-39(37)32-40)33-49(46)58(3,4)51(54)35-53-55(56)47-19-11-13-21-52(47)60-53/h5-35H,1-4H3. The molecule has 0 aliphatic heterocycles. The number of fused-ring (bicyclic) bond motifs is 10. The molecule has 2 nitrogen and oxygen atoms in total. The van der Waals surface area contributed by atoms with Crippen LogP contribution in [0.1, 0.15) is 49.9 Å². The van der Waals surface area contributed by atoms with Crippen molar-refractivity contribution in [1.29, 1.82) is 0 Å². The fraction of sp³-hybridized carbons (Fsp3) is 0.103. The number of hydrogen-bond acceptors (Lipinski definition) is 2. The van der Waals surface area contributed by atoms with Gasteiger partial charge in [-0.1, -0.05) is 167 Å². The Balaban J connectivity index is 1.14. The zero-order valence-corrected chi connectivity index (χ0v) is 34.3. The van der Waals surface area contributed by atoms with E-state index < -0.39 is 0 Å². The lowest BCUT2D eigenvalue weighted by molar-refractivity contribution is 0.647. The van der Waals surface area contributed by atoms with Crippen molar-refractivity contribution in [2.45, 2.75) is 38.5 Å². The Morgan fingerprint density at radius 3 is 1.83 bits per heavy atom. The molecule has 0 spiro atoms. The molecule has 0 saturated heterocycles. The van der Waals surface area contributed by atoms with E-state index in [4.69, 9.17) is 4.42 Å². The summed E-state index contributed by atoms with van der Waals surface area (Å²) < 4.78 is 6.87. The summed E-state index contributed by atoms with van der Waals surface area (Å²) in [6.07, 6.45) is 0. The van der Waals surface area contributed by atoms with Crippen LogP contribution in [0.3, 0.4) is 0 Å². The van der Waals surface area contributed by atoms with E-state index in [9.17, 15) is 0 Å². The predicted molar refractivity (Wildman–Crippen MR) is 252 cm³/mol. The van der Waals surface area contributed by atoms with Crippen LogP contribution >= 0.6 is 0 Å². The molecule has 0 N–H and O–H groups in total. The third kappa shape index (κ3) is 5.01. The molecule has 1 aromatic heterocycles. The van der Waals surface area contributed by atoms with E-state index in [0.717, 1.165) is 39.0 Å². The molecule has 0 amide bonds. The first-order chi connectivity index (χ1) is 29.3. The van der Waals surface area contributed by atoms with Gasteiger partial charge in [0.1, 0.15) is 11.2 Å². The van der Waals surface area contributed by atoms with E-state index >= 15 is 0 Å². The highest BCUT2D eigenvalue weighted by Crippen LogP contribution is 2.59. The van der Waals surface area contributed by atoms with E-state index in [1.54, 1.807) is 0 Å². The summed E-state index contributed by atoms with van der Waals surface area (Å²) in [7, 11) is 0. The smallest absolute Gasteiger partial charge is 0.137 e. The zero-order valence-electron chi connectivity index (χ0n) is 34.3. The monoisotopic (exact) mass is 769 g/mol. The van der Waals surface area contributed by atoms with Crippen LogP contribution in [-0.2, 0) is 10.8 Å². The minimum Gasteiger partial charge on any atom is -0.456 e. The summed E-state index contributed by atoms with van der Waals surface area (Å²) >= 11 is 0. The largest absolute Gasteiger partial charge is 0.456 e. The molecule has 1 heterocycles. The second kappa shape index (κ2) is 12.7. The van der Waals surface area contributed by atoms with Crippen LogP contribution in [-0.4, -0.2) is 0 Å². The van der Waals surface area contributed by atoms with E-state index in [0.29, 0.717) is 0 Å². The van der Waals surface area contributed by atoms with Gasteiger partial charge in [0, 0.05) is 33.2 Å². The number of benzene rings is 9. The van der Waals surface area contributed by atoms with Crippen LogP contribution in [0, 0.1) is 0 Å². The maximum Gasteiger partial charge on any atom is 0.137 e. The lowest BCUT2D eigenvalue weighted by atomic mass is 9.81. The van der Waals surface area contributed by atoms with Crippen LogP contribution in [0.4, 0.5) is 17.1 Å². The van der Waals surface area contributed by atoms with Gasteiger partial charge in [-0.2, -0.15) is 0 Å². The normalized spacial score (nSPS) is 14.3. The van der Waals surface area contributed by atoms with E-state index in [-0.39, 0.29) is 10.8 Å². The first kappa shape index (κ1) is 34.8. The molecular weight excluding hydrogens is 727 g/mol. The third-order valence-corrected chi connectivity index (χ3v) is 13.6. The maximum atomic E-state index is 6.87. The van der Waals surface area contributed by atoms with E-state index in [2.05, 4.69) is 221 Å². The van der Waals surface area contributed by atoms with Crippen LogP contribution < -0.4 is 4.90 Å². The van der Waals surface area contributed by atoms with Gasteiger partial charge in [0.2, 0.25) is 0 Å². The Labute approximate surface area is 351 Å². The molecule has 2 aliphatic carbocycles. The summed E-state index contributed by atoms with van der Waals surface area (Å²) in [4.78, 5) is 2.53. The average molecular weight is 770 g/mol. The molecular formula is C58H43NO. The van der Waals surface area contributed by atoms with Crippen LogP contribution in [0.2, 0.25) is 0 Å². The van der Waals surface area contributed by atoms with Gasteiger partial charge >= 0.3 is 0 Å². The van der Waals surface area contributed by atoms with E-state index in [1.165, 1.54) is 77.5 Å². The van der Waals surface area contributed by atoms with Crippen molar-refractivity contribution in [3.05, 3.63) is 210 Å². The fourth-order valence-corrected chi connectivity index (χ4v) is 10.5. The molecule has 0 bridgehead atoms. The summed E-state index contributed by atoms with van der Waals surface area (Å²) in [5.41, 5.74) is 20.0. The van der Waals surface area contributed by atoms with Crippen molar-refractivity contribution < 1.29 is 4.42 Å². The Morgan fingerprint density at radius 1 is 0.383 bits per heavy atom. The number of rotatable bonds is 5. The minimum absolute atomic E-state index is 0.158. The highest BCUT2D eigenvalue weighted by molar-refractivity contribution is 6.19. The number of nitrogens with zero attached hydrogens (tertiary/aromatic N) is 1. The minimum atomic E-state index is -0.302. The number of para-hydroxylation sites is 1. The van der Waals surface area contributed by atoms with E-state index in [1.807, 2.05) is 0 Å². The van der Waals surface area contributed by atoms with Crippen LogP contribution in [0.15, 0.2) is 192 Å². The van der Waals surface area contributed by atoms with Gasteiger partial charge in [-0.25, -0.2) is 0 Å². The van der Waals surface area contributed by atoms with Gasteiger partial charge < -0.3 is 9.32 Å². The topological polar surface area (TPSA) is 16.4 Å². The second-order valence-corrected chi connectivity index (χ2v) is 17.7. The first-order valence-electron chi connectivity index (χ1n) is 21.1. The summed E-state index contributed by atoms with van der Waals surface area (Å²) in [5.74, 6) is 0. The molecule has 0 saturated carbocycles. The Kier molecular flexibility index (Phi) is 7.36. The molecule has 0 radical (unpaired) electrons. The summed E-state index contributed by atoms with van der Waals surface area (Å²) in [6, 6.07) is 69.3. The molecule has 2 aliphatic rings. The Morgan fingerprint density at radius 2 is 0.983 bits per heavy atom. The Bertz CT molecular complexity index is 3370. The number of hydrogen-bond donors (Lipinski definition) is 0. The predicted octanol–water partition coefficient (Wildman–Crippen LogP) is 16.2. The fourth-order valence-electron chi connectivity index (χ4n) is 10.5. The maximum absolute atomic E-state index is 6.87. The molecule has 10 aromatic rings. The zero-order chi connectivity index (χ0) is 40.3. The molecule has 9 aromatic carbocycles. The van der Waals surface area contributed by atoms with Gasteiger partial charge in [0.25, 0.3) is 0 Å². The lowest BCUT2D eigenvalue weighted by Gasteiger charge is -2.31. The van der Waals surface area contributed by atoms with Gasteiger partial charge in [0.15, 0.2) is 0 Å².